The van der Waals surface area contributed by atoms with Crippen LogP contribution in [0.5, 0.6) is 0 Å². The Morgan fingerprint density at radius 3 is 2.75 bits per heavy atom. The highest BCUT2D eigenvalue weighted by molar-refractivity contribution is 4.80. The third-order valence-corrected chi connectivity index (χ3v) is 1.31. The van der Waals surface area contributed by atoms with Crippen LogP contribution in [0.25, 0.3) is 0 Å². The Morgan fingerprint density at radius 1 is 1.58 bits per heavy atom. The lowest BCUT2D eigenvalue weighted by Crippen LogP contribution is -2.24. The molecule has 0 aliphatic heterocycles. The second kappa shape index (κ2) is 3.14. The number of rotatable bonds is 3. The molecule has 1 aromatic heterocycles. The van der Waals surface area contributed by atoms with Crippen molar-refractivity contribution in [1.82, 2.24) is 20.2 Å². The first kappa shape index (κ1) is 9.05. The molecule has 5 nitrogen and oxygen atoms in total. The Bertz CT molecular complexity index is 251. The van der Waals surface area contributed by atoms with Gasteiger partial charge in [-0.3, -0.25) is 0 Å². The van der Waals surface area contributed by atoms with Gasteiger partial charge in [0.1, 0.15) is 5.67 Å². The fourth-order valence-corrected chi connectivity index (χ4v) is 0.848. The third-order valence-electron chi connectivity index (χ3n) is 1.31. The van der Waals surface area contributed by atoms with Crippen LogP contribution in [-0.4, -0.2) is 25.9 Å². The van der Waals surface area contributed by atoms with E-state index < -0.39 is 5.67 Å². The first-order valence-corrected chi connectivity index (χ1v) is 3.67. The molecule has 0 aliphatic carbocycles. The summed E-state index contributed by atoms with van der Waals surface area (Å²) in [6.45, 7) is 3.29. The monoisotopic (exact) mass is 173 g/mol. The highest BCUT2D eigenvalue weighted by atomic mass is 19.1. The molecule has 0 bridgehead atoms. The molecule has 0 saturated heterocycles. The molecule has 2 N–H and O–H groups in total. The number of nitrogens with two attached hydrogens (primary N) is 1. The average molecular weight is 173 g/mol. The third kappa shape index (κ3) is 2.23. The molecular formula is C6H12FN5. The molecule has 0 aliphatic rings. The number of tetrazole rings is 1. The van der Waals surface area contributed by atoms with E-state index in [1.807, 2.05) is 0 Å². The van der Waals surface area contributed by atoms with Crippen molar-refractivity contribution in [3.63, 3.8) is 0 Å². The fraction of sp³-hybridized carbons (Fsp3) is 0.833. The van der Waals surface area contributed by atoms with E-state index >= 15 is 0 Å². The first-order chi connectivity index (χ1) is 5.53. The van der Waals surface area contributed by atoms with Crippen molar-refractivity contribution in [3.05, 3.63) is 5.82 Å². The molecule has 0 saturated carbocycles. The summed E-state index contributed by atoms with van der Waals surface area (Å²) in [6, 6.07) is 0. The van der Waals surface area contributed by atoms with Crippen molar-refractivity contribution < 1.29 is 4.39 Å². The minimum atomic E-state index is -1.32. The van der Waals surface area contributed by atoms with E-state index in [-0.39, 0.29) is 13.1 Å². The smallest absolute Gasteiger partial charge is 0.164 e. The maximum Gasteiger partial charge on any atom is 0.164 e. The molecule has 1 aromatic rings. The summed E-state index contributed by atoms with van der Waals surface area (Å²) in [5.74, 6) is 0.501. The van der Waals surface area contributed by atoms with E-state index in [0.717, 1.165) is 0 Å². The van der Waals surface area contributed by atoms with Gasteiger partial charge in [0.05, 0.1) is 13.1 Å². The second-order valence-electron chi connectivity index (χ2n) is 3.18. The topological polar surface area (TPSA) is 69.6 Å². The van der Waals surface area contributed by atoms with Crippen LogP contribution in [0.15, 0.2) is 0 Å². The molecule has 0 spiro atoms. The molecule has 0 amide bonds. The largest absolute Gasteiger partial charge is 0.324 e. The quantitative estimate of drug-likeness (QED) is 0.691. The molecule has 0 fully saturated rings. The number of hydrogen-bond donors (Lipinski definition) is 1. The number of hydrogen-bond acceptors (Lipinski definition) is 4. The fourth-order valence-electron chi connectivity index (χ4n) is 0.848. The van der Waals surface area contributed by atoms with E-state index in [1.165, 1.54) is 18.5 Å². The van der Waals surface area contributed by atoms with Crippen LogP contribution >= 0.6 is 0 Å². The van der Waals surface area contributed by atoms with Gasteiger partial charge >= 0.3 is 0 Å². The Labute approximate surface area is 69.7 Å². The van der Waals surface area contributed by atoms with Crippen LogP contribution in [0.4, 0.5) is 4.39 Å². The Morgan fingerprint density at radius 2 is 2.25 bits per heavy atom. The maximum atomic E-state index is 13.1. The van der Waals surface area contributed by atoms with Gasteiger partial charge in [-0.15, -0.1) is 5.10 Å². The summed E-state index contributed by atoms with van der Waals surface area (Å²) in [5, 5.41) is 10.6. The van der Waals surface area contributed by atoms with Crippen molar-refractivity contribution in [2.45, 2.75) is 32.6 Å². The molecule has 0 radical (unpaired) electrons. The number of aromatic nitrogens is 4. The minimum Gasteiger partial charge on any atom is -0.324 e. The zero-order valence-corrected chi connectivity index (χ0v) is 7.16. The lowest BCUT2D eigenvalue weighted by molar-refractivity contribution is 0.176. The normalized spacial score (nSPS) is 12.0. The van der Waals surface area contributed by atoms with Gasteiger partial charge in [0.25, 0.3) is 0 Å². The molecule has 0 aromatic carbocycles. The van der Waals surface area contributed by atoms with Gasteiger partial charge in [-0.2, -0.15) is 0 Å². The highest BCUT2D eigenvalue weighted by Gasteiger charge is 2.18. The molecule has 1 rings (SSSR count). The van der Waals surface area contributed by atoms with E-state index in [4.69, 9.17) is 5.73 Å². The molecule has 68 valence electrons. The van der Waals surface area contributed by atoms with Gasteiger partial charge in [-0.05, 0) is 24.3 Å². The summed E-state index contributed by atoms with van der Waals surface area (Å²) in [6.07, 6.45) is 0. The Balaban J connectivity index is 2.75. The van der Waals surface area contributed by atoms with Gasteiger partial charge in [-0.1, -0.05) is 0 Å². The van der Waals surface area contributed by atoms with Gasteiger partial charge in [0.15, 0.2) is 5.82 Å². The number of alkyl halides is 1. The Hall–Kier alpha value is -1.04. The summed E-state index contributed by atoms with van der Waals surface area (Å²) in [5.41, 5.74) is 4.01. The van der Waals surface area contributed by atoms with Gasteiger partial charge in [0, 0.05) is 0 Å². The highest BCUT2D eigenvalue weighted by Crippen LogP contribution is 2.10. The van der Waals surface area contributed by atoms with Crippen molar-refractivity contribution in [3.8, 4) is 0 Å². The van der Waals surface area contributed by atoms with Crippen LogP contribution in [-0.2, 0) is 13.1 Å². The van der Waals surface area contributed by atoms with Crippen molar-refractivity contribution in [2.24, 2.45) is 5.73 Å². The molecule has 6 heteroatoms. The predicted molar refractivity (Wildman–Crippen MR) is 40.9 cm³/mol. The number of nitrogens with zero attached hydrogens (tertiary/aromatic N) is 4. The van der Waals surface area contributed by atoms with Crippen molar-refractivity contribution in [1.29, 1.82) is 0 Å². The molecular weight excluding hydrogens is 161 g/mol. The molecule has 12 heavy (non-hydrogen) atoms. The maximum absolute atomic E-state index is 13.1. The minimum absolute atomic E-state index is 0.131. The summed E-state index contributed by atoms with van der Waals surface area (Å²) < 4.78 is 14.5. The second-order valence-corrected chi connectivity index (χ2v) is 3.18. The van der Waals surface area contributed by atoms with Gasteiger partial charge < -0.3 is 5.73 Å². The summed E-state index contributed by atoms with van der Waals surface area (Å²) in [7, 11) is 0. The van der Waals surface area contributed by atoms with Crippen molar-refractivity contribution >= 4 is 0 Å². The SMILES string of the molecule is CC(C)(F)Cn1nnnc1CN. The lowest BCUT2D eigenvalue weighted by Gasteiger charge is -2.13. The average Bonchev–Trinajstić information content (AvgIpc) is 2.31. The van der Waals surface area contributed by atoms with Crippen LogP contribution in [0, 0.1) is 0 Å². The number of halogens is 1. The van der Waals surface area contributed by atoms with Gasteiger partial charge in [0.2, 0.25) is 0 Å². The zero-order valence-electron chi connectivity index (χ0n) is 7.16. The first-order valence-electron chi connectivity index (χ1n) is 3.67. The summed E-state index contributed by atoms with van der Waals surface area (Å²) >= 11 is 0. The molecule has 1 heterocycles. The van der Waals surface area contributed by atoms with Crippen LogP contribution in [0.3, 0.4) is 0 Å². The van der Waals surface area contributed by atoms with E-state index in [1.54, 1.807) is 0 Å². The Kier molecular flexibility index (Phi) is 2.37. The standard InChI is InChI=1S/C6H12FN5/c1-6(2,7)4-12-5(3-8)9-10-11-12/h3-4,8H2,1-2H3. The predicted octanol–water partition coefficient (Wildman–Crippen LogP) is -0.120. The molecule has 0 atom stereocenters. The van der Waals surface area contributed by atoms with E-state index in [0.29, 0.717) is 5.82 Å². The zero-order chi connectivity index (χ0) is 9.19. The van der Waals surface area contributed by atoms with E-state index in [9.17, 15) is 4.39 Å². The van der Waals surface area contributed by atoms with Crippen LogP contribution in [0.2, 0.25) is 0 Å². The summed E-state index contributed by atoms with van der Waals surface area (Å²) in [4.78, 5) is 0. The van der Waals surface area contributed by atoms with E-state index in [2.05, 4.69) is 15.5 Å². The van der Waals surface area contributed by atoms with Crippen LogP contribution < -0.4 is 5.73 Å². The lowest BCUT2D eigenvalue weighted by atomic mass is 10.2. The molecule has 0 unspecified atom stereocenters. The van der Waals surface area contributed by atoms with Gasteiger partial charge in [-0.25, -0.2) is 9.07 Å². The van der Waals surface area contributed by atoms with Crippen molar-refractivity contribution in [2.75, 3.05) is 0 Å². The van der Waals surface area contributed by atoms with Crippen LogP contribution in [0.1, 0.15) is 19.7 Å².